The molecule has 3 amide bonds. The fourth-order valence-corrected chi connectivity index (χ4v) is 1.00. The average Bonchev–Trinajstić information content (AvgIpc) is 2.51. The predicted molar refractivity (Wildman–Crippen MR) is 50.5 cm³/mol. The first kappa shape index (κ1) is 11.1. The fraction of sp³-hybridized carbons (Fsp3) is 0.429. The monoisotopic (exact) mass is 212 g/mol. The molecule has 0 aliphatic heterocycles. The normalized spacial score (nSPS) is 9.93. The first-order chi connectivity index (χ1) is 7.11. The summed E-state index contributed by atoms with van der Waals surface area (Å²) < 4.78 is 1.31. The van der Waals surface area contributed by atoms with Crippen LogP contribution >= 0.6 is 0 Å². The van der Waals surface area contributed by atoms with E-state index in [0.29, 0.717) is 18.7 Å². The third-order valence-corrected chi connectivity index (χ3v) is 1.55. The van der Waals surface area contributed by atoms with Crippen LogP contribution in [0.15, 0.2) is 6.20 Å². The molecular formula is C7H12N6O2. The molecule has 0 radical (unpaired) electrons. The van der Waals surface area contributed by atoms with Gasteiger partial charge in [0.2, 0.25) is 5.91 Å². The van der Waals surface area contributed by atoms with Crippen molar-refractivity contribution in [2.24, 2.45) is 11.5 Å². The number of primary amides is 1. The van der Waals surface area contributed by atoms with Gasteiger partial charge in [0.05, 0.1) is 5.69 Å². The minimum absolute atomic E-state index is 0.0967. The van der Waals surface area contributed by atoms with E-state index in [1.54, 1.807) is 6.20 Å². The van der Waals surface area contributed by atoms with Crippen LogP contribution in [-0.2, 0) is 17.8 Å². The van der Waals surface area contributed by atoms with Crippen LogP contribution in [0.2, 0.25) is 0 Å². The molecule has 0 saturated heterocycles. The highest BCUT2D eigenvalue weighted by Crippen LogP contribution is 1.92. The summed E-state index contributed by atoms with van der Waals surface area (Å²) in [6.07, 6.45) is 2.19. The van der Waals surface area contributed by atoms with Crippen molar-refractivity contribution in [3.8, 4) is 0 Å². The number of carbonyl (C=O) groups is 2. The van der Waals surface area contributed by atoms with E-state index in [2.05, 4.69) is 10.3 Å². The van der Waals surface area contributed by atoms with Crippen molar-refractivity contribution in [1.29, 1.82) is 0 Å². The van der Waals surface area contributed by atoms with Crippen LogP contribution in [0.1, 0.15) is 5.69 Å². The van der Waals surface area contributed by atoms with Crippen LogP contribution in [0.25, 0.3) is 0 Å². The fourth-order valence-electron chi connectivity index (χ4n) is 1.00. The maximum Gasteiger partial charge on any atom is 0.318 e. The molecule has 8 nitrogen and oxygen atoms in total. The molecule has 0 spiro atoms. The lowest BCUT2D eigenvalue weighted by atomic mass is 10.3. The Labute approximate surface area is 85.6 Å². The van der Waals surface area contributed by atoms with Crippen molar-refractivity contribution in [3.05, 3.63) is 11.9 Å². The number of rotatable bonds is 4. The minimum atomic E-state index is -0.887. The second kappa shape index (κ2) is 5.05. The molecule has 0 saturated carbocycles. The molecule has 5 N–H and O–H groups in total. The van der Waals surface area contributed by atoms with Gasteiger partial charge in [-0.3, -0.25) is 10.1 Å². The summed E-state index contributed by atoms with van der Waals surface area (Å²) in [7, 11) is 0. The first-order valence-corrected chi connectivity index (χ1v) is 4.30. The van der Waals surface area contributed by atoms with E-state index in [1.807, 2.05) is 5.32 Å². The van der Waals surface area contributed by atoms with Gasteiger partial charge in [0.25, 0.3) is 0 Å². The zero-order valence-corrected chi connectivity index (χ0v) is 8.01. The Bertz CT molecular complexity index is 360. The van der Waals surface area contributed by atoms with Crippen LogP contribution in [0.4, 0.5) is 4.79 Å². The van der Waals surface area contributed by atoms with Crippen LogP contribution in [0.5, 0.6) is 0 Å². The highest BCUT2D eigenvalue weighted by atomic mass is 16.2. The van der Waals surface area contributed by atoms with Crippen molar-refractivity contribution in [2.45, 2.75) is 13.0 Å². The Balaban J connectivity index is 2.49. The quantitative estimate of drug-likeness (QED) is 0.530. The number of carbonyl (C=O) groups excluding carboxylic acids is 2. The number of nitrogens with two attached hydrogens (primary N) is 2. The summed E-state index contributed by atoms with van der Waals surface area (Å²) in [4.78, 5) is 21.4. The molecule has 0 bridgehead atoms. The lowest BCUT2D eigenvalue weighted by Crippen LogP contribution is -2.37. The standard InChI is InChI=1S/C7H12N6O2/c8-2-1-5-3-13(12-11-5)4-6(14)10-7(9)15/h3H,1-2,4,8H2,(H3,9,10,14,15). The summed E-state index contributed by atoms with van der Waals surface area (Å²) in [6, 6.07) is -0.887. The molecule has 0 unspecified atom stereocenters. The molecule has 1 aromatic heterocycles. The van der Waals surface area contributed by atoms with Gasteiger partial charge in [0.15, 0.2) is 0 Å². The van der Waals surface area contributed by atoms with Gasteiger partial charge in [0, 0.05) is 12.6 Å². The summed E-state index contributed by atoms with van der Waals surface area (Å²) in [5.41, 5.74) is 10.8. The molecular weight excluding hydrogens is 200 g/mol. The number of imide groups is 1. The topological polar surface area (TPSA) is 129 Å². The maximum atomic E-state index is 11.1. The number of hydrogen-bond donors (Lipinski definition) is 3. The Morgan fingerprint density at radius 3 is 2.87 bits per heavy atom. The van der Waals surface area contributed by atoms with Gasteiger partial charge in [-0.25, -0.2) is 9.48 Å². The van der Waals surface area contributed by atoms with Gasteiger partial charge in [-0.15, -0.1) is 5.10 Å². The summed E-state index contributed by atoms with van der Waals surface area (Å²) in [5.74, 6) is -0.535. The Kier molecular flexibility index (Phi) is 3.75. The highest BCUT2D eigenvalue weighted by Gasteiger charge is 2.07. The number of urea groups is 1. The van der Waals surface area contributed by atoms with E-state index in [-0.39, 0.29) is 6.54 Å². The lowest BCUT2D eigenvalue weighted by Gasteiger charge is -1.99. The Morgan fingerprint density at radius 2 is 2.27 bits per heavy atom. The van der Waals surface area contributed by atoms with Gasteiger partial charge in [-0.2, -0.15) is 0 Å². The highest BCUT2D eigenvalue weighted by molar-refractivity contribution is 5.93. The van der Waals surface area contributed by atoms with Crippen LogP contribution in [0.3, 0.4) is 0 Å². The SMILES string of the molecule is NCCc1cn(CC(=O)NC(N)=O)nn1. The van der Waals surface area contributed by atoms with Crippen molar-refractivity contribution < 1.29 is 9.59 Å². The maximum absolute atomic E-state index is 11.1. The Morgan fingerprint density at radius 1 is 1.53 bits per heavy atom. The summed E-state index contributed by atoms with van der Waals surface area (Å²) in [5, 5.41) is 9.37. The van der Waals surface area contributed by atoms with Crippen LogP contribution in [-0.4, -0.2) is 33.5 Å². The van der Waals surface area contributed by atoms with Gasteiger partial charge in [0.1, 0.15) is 6.54 Å². The third kappa shape index (κ3) is 3.73. The molecule has 1 aromatic rings. The van der Waals surface area contributed by atoms with Crippen molar-refractivity contribution in [2.75, 3.05) is 6.54 Å². The van der Waals surface area contributed by atoms with E-state index in [4.69, 9.17) is 11.5 Å². The van der Waals surface area contributed by atoms with Crippen molar-refractivity contribution >= 4 is 11.9 Å². The molecule has 0 fully saturated rings. The molecule has 0 atom stereocenters. The van der Waals surface area contributed by atoms with Crippen LogP contribution in [0, 0.1) is 0 Å². The van der Waals surface area contributed by atoms with Crippen molar-refractivity contribution in [3.63, 3.8) is 0 Å². The molecule has 15 heavy (non-hydrogen) atoms. The van der Waals surface area contributed by atoms with Gasteiger partial charge >= 0.3 is 6.03 Å². The molecule has 8 heteroatoms. The van der Waals surface area contributed by atoms with E-state index >= 15 is 0 Å². The molecule has 0 aromatic carbocycles. The van der Waals surface area contributed by atoms with Gasteiger partial charge in [-0.05, 0) is 6.54 Å². The first-order valence-electron chi connectivity index (χ1n) is 4.30. The minimum Gasteiger partial charge on any atom is -0.351 e. The number of nitrogens with one attached hydrogen (secondary N) is 1. The van der Waals surface area contributed by atoms with Gasteiger partial charge in [-0.1, -0.05) is 5.21 Å². The number of nitrogens with zero attached hydrogens (tertiary/aromatic N) is 3. The lowest BCUT2D eigenvalue weighted by molar-refractivity contribution is -0.120. The zero-order valence-electron chi connectivity index (χ0n) is 8.01. The molecule has 0 aliphatic rings. The van der Waals surface area contributed by atoms with E-state index in [0.717, 1.165) is 0 Å². The zero-order chi connectivity index (χ0) is 11.3. The van der Waals surface area contributed by atoms with Gasteiger partial charge < -0.3 is 11.5 Å². The summed E-state index contributed by atoms with van der Waals surface area (Å²) >= 11 is 0. The van der Waals surface area contributed by atoms with Crippen molar-refractivity contribution in [1.82, 2.24) is 20.3 Å². The molecule has 82 valence electrons. The predicted octanol–water partition coefficient (Wildman–Crippen LogP) is -2.03. The molecule has 0 aliphatic carbocycles. The average molecular weight is 212 g/mol. The summed E-state index contributed by atoms with van der Waals surface area (Å²) in [6.45, 7) is 0.368. The Hall–Kier alpha value is -1.96. The van der Waals surface area contributed by atoms with Crippen LogP contribution < -0.4 is 16.8 Å². The number of hydrogen-bond acceptors (Lipinski definition) is 5. The molecule has 1 rings (SSSR count). The number of amides is 3. The third-order valence-electron chi connectivity index (χ3n) is 1.55. The number of aromatic nitrogens is 3. The smallest absolute Gasteiger partial charge is 0.318 e. The van der Waals surface area contributed by atoms with E-state index < -0.39 is 11.9 Å². The largest absolute Gasteiger partial charge is 0.351 e. The molecule has 1 heterocycles. The van der Waals surface area contributed by atoms with E-state index in [9.17, 15) is 9.59 Å². The van der Waals surface area contributed by atoms with E-state index in [1.165, 1.54) is 4.68 Å². The second-order valence-electron chi connectivity index (χ2n) is 2.86. The second-order valence-corrected chi connectivity index (χ2v) is 2.86.